The second-order valence-electron chi connectivity index (χ2n) is 22.4. The Bertz CT molecular complexity index is 1480. The van der Waals surface area contributed by atoms with Gasteiger partial charge in [0.2, 0.25) is 5.91 Å². The number of amides is 1. The summed E-state index contributed by atoms with van der Waals surface area (Å²) in [6.45, 7) is 4.25. The summed E-state index contributed by atoms with van der Waals surface area (Å²) in [6, 6.07) is -0.830. The molecule has 1 saturated heterocycles. The number of carbonyl (C=O) groups is 2. The summed E-state index contributed by atoms with van der Waals surface area (Å²) >= 11 is 0. The van der Waals surface area contributed by atoms with Crippen molar-refractivity contribution in [3.63, 3.8) is 0 Å². The molecule has 6 N–H and O–H groups in total. The third kappa shape index (κ3) is 45.0. The highest BCUT2D eigenvalue weighted by molar-refractivity contribution is 5.76. The normalized spacial score (nSPS) is 18.9. The molecule has 0 aliphatic carbocycles. The molecule has 1 rings (SSSR count). The van der Waals surface area contributed by atoms with E-state index in [4.69, 9.17) is 14.2 Å². The Balaban J connectivity index is 1.97. The van der Waals surface area contributed by atoms with Gasteiger partial charge in [0, 0.05) is 12.8 Å². The first kappa shape index (κ1) is 73.4. The maximum atomic E-state index is 13.0. The predicted octanol–water partition coefficient (Wildman–Crippen LogP) is 15.8. The SMILES string of the molecule is CCCCC/C=C\C/C=C\CCCCCCCCCC(=O)OCCCCCCCCCCCCCC/C=C\CCCCCCCCCCC(=O)NC(COC1OC(CO)C(O)C(O)C1O)C(O)/C=C/CC/C=C/CCCCC. The number of hydrogen-bond donors (Lipinski definition) is 6. The van der Waals surface area contributed by atoms with E-state index in [-0.39, 0.29) is 18.5 Å². The van der Waals surface area contributed by atoms with E-state index in [1.54, 1.807) is 6.08 Å². The first-order valence-electron chi connectivity index (χ1n) is 32.6. The van der Waals surface area contributed by atoms with Crippen LogP contribution in [0.3, 0.4) is 0 Å². The summed E-state index contributed by atoms with van der Waals surface area (Å²) in [5.41, 5.74) is 0. The molecule has 0 aromatic carbocycles. The van der Waals surface area contributed by atoms with Crippen LogP contribution in [0.15, 0.2) is 60.8 Å². The minimum Gasteiger partial charge on any atom is -0.466 e. The standard InChI is InChI=1S/C67H121NO10/c1-3-5-7-9-11-13-14-15-16-25-29-32-35-39-43-47-51-55-63(72)76-56-52-48-44-40-36-33-30-27-24-22-20-18-17-19-21-23-26-28-31-34-38-42-46-50-54-62(71)68-59(60(70)53-49-45-41-37-12-10-8-6-4-2)58-77-67-66(75)65(74)64(73)61(57-69)78-67/h11-13,15-16,19,21,37,49,53,59-61,64-67,69-70,73-75H,3-10,14,17-18,20,22-36,38-48,50-52,54-58H2,1-2H3,(H,68,71)/b13-11-,16-15-,21-19-,37-12+,53-49+. The molecule has 1 aliphatic heterocycles. The molecule has 7 atom stereocenters. The van der Waals surface area contributed by atoms with Gasteiger partial charge in [0.05, 0.1) is 32.0 Å². The number of allylic oxidation sites excluding steroid dienone is 9. The Morgan fingerprint density at radius 3 is 1.35 bits per heavy atom. The second kappa shape index (κ2) is 56.2. The molecule has 11 nitrogen and oxygen atoms in total. The Morgan fingerprint density at radius 1 is 0.474 bits per heavy atom. The summed E-state index contributed by atoms with van der Waals surface area (Å²) in [5.74, 6) is -0.207. The van der Waals surface area contributed by atoms with Gasteiger partial charge in [-0.1, -0.05) is 235 Å². The largest absolute Gasteiger partial charge is 0.466 e. The minimum atomic E-state index is -1.58. The summed E-state index contributed by atoms with van der Waals surface area (Å²) < 4.78 is 16.7. The molecule has 0 bridgehead atoms. The van der Waals surface area contributed by atoms with Gasteiger partial charge in [0.15, 0.2) is 6.29 Å². The lowest BCUT2D eigenvalue weighted by Crippen LogP contribution is -2.60. The number of nitrogens with one attached hydrogen (secondary N) is 1. The average Bonchev–Trinajstić information content (AvgIpc) is 3.43. The summed E-state index contributed by atoms with van der Waals surface area (Å²) in [7, 11) is 0. The van der Waals surface area contributed by atoms with E-state index in [2.05, 4.69) is 67.8 Å². The van der Waals surface area contributed by atoms with Crippen LogP contribution in [0, 0.1) is 0 Å². The van der Waals surface area contributed by atoms with Crippen LogP contribution < -0.4 is 5.32 Å². The fraction of sp³-hybridized carbons (Fsp3) is 0.821. The number of rotatable bonds is 56. The lowest BCUT2D eigenvalue weighted by molar-refractivity contribution is -0.302. The van der Waals surface area contributed by atoms with Crippen LogP contribution in [0.25, 0.3) is 0 Å². The maximum absolute atomic E-state index is 13.0. The highest BCUT2D eigenvalue weighted by Crippen LogP contribution is 2.23. The Morgan fingerprint density at radius 2 is 0.872 bits per heavy atom. The molecule has 1 fully saturated rings. The zero-order valence-electron chi connectivity index (χ0n) is 50.1. The first-order valence-corrected chi connectivity index (χ1v) is 32.6. The lowest BCUT2D eigenvalue weighted by atomic mass is 9.99. The molecule has 0 aromatic rings. The molecule has 454 valence electrons. The third-order valence-corrected chi connectivity index (χ3v) is 15.1. The van der Waals surface area contributed by atoms with Crippen molar-refractivity contribution in [1.82, 2.24) is 5.32 Å². The van der Waals surface area contributed by atoms with E-state index >= 15 is 0 Å². The van der Waals surface area contributed by atoms with Gasteiger partial charge < -0.3 is 45.1 Å². The second-order valence-corrected chi connectivity index (χ2v) is 22.4. The molecule has 0 aromatic heterocycles. The lowest BCUT2D eigenvalue weighted by Gasteiger charge is -2.40. The van der Waals surface area contributed by atoms with Gasteiger partial charge in [-0.05, 0) is 103 Å². The van der Waals surface area contributed by atoms with Gasteiger partial charge >= 0.3 is 5.97 Å². The van der Waals surface area contributed by atoms with Crippen molar-refractivity contribution in [2.75, 3.05) is 19.8 Å². The monoisotopic (exact) mass is 1100 g/mol. The number of esters is 1. The van der Waals surface area contributed by atoms with Crippen molar-refractivity contribution in [3.8, 4) is 0 Å². The molecule has 0 saturated carbocycles. The van der Waals surface area contributed by atoms with Gasteiger partial charge in [-0.2, -0.15) is 0 Å². The zero-order chi connectivity index (χ0) is 56.6. The first-order chi connectivity index (χ1) is 38.2. The van der Waals surface area contributed by atoms with Crippen LogP contribution >= 0.6 is 0 Å². The van der Waals surface area contributed by atoms with Crippen LogP contribution in [0.4, 0.5) is 0 Å². The smallest absolute Gasteiger partial charge is 0.305 e. The predicted molar refractivity (Wildman–Crippen MR) is 324 cm³/mol. The van der Waals surface area contributed by atoms with Crippen LogP contribution in [0.2, 0.25) is 0 Å². The van der Waals surface area contributed by atoms with E-state index in [1.807, 2.05) is 6.08 Å². The van der Waals surface area contributed by atoms with E-state index < -0.39 is 49.5 Å². The van der Waals surface area contributed by atoms with Crippen LogP contribution in [0.1, 0.15) is 290 Å². The zero-order valence-corrected chi connectivity index (χ0v) is 50.1. The van der Waals surface area contributed by atoms with Gasteiger partial charge in [0.25, 0.3) is 0 Å². The number of ether oxygens (including phenoxy) is 3. The van der Waals surface area contributed by atoms with Crippen LogP contribution in [-0.4, -0.2) is 100 Å². The Hall–Kier alpha value is -2.64. The molecule has 0 spiro atoms. The Kier molecular flexibility index (Phi) is 52.9. The molecular weight excluding hydrogens is 979 g/mol. The van der Waals surface area contributed by atoms with Gasteiger partial charge in [0.1, 0.15) is 24.4 Å². The topological polar surface area (TPSA) is 175 Å². The van der Waals surface area contributed by atoms with Crippen molar-refractivity contribution < 1.29 is 49.3 Å². The summed E-state index contributed by atoms with van der Waals surface area (Å²) in [5, 5.41) is 54.2. The molecule has 1 aliphatic rings. The van der Waals surface area contributed by atoms with Crippen molar-refractivity contribution in [2.45, 2.75) is 333 Å². The van der Waals surface area contributed by atoms with E-state index in [0.29, 0.717) is 19.4 Å². The molecule has 11 heteroatoms. The molecule has 0 radical (unpaired) electrons. The summed E-state index contributed by atoms with van der Waals surface area (Å²) in [4.78, 5) is 25.1. The average molecular weight is 1100 g/mol. The van der Waals surface area contributed by atoms with E-state index in [0.717, 1.165) is 83.5 Å². The Labute approximate surface area is 478 Å². The van der Waals surface area contributed by atoms with Crippen LogP contribution in [-0.2, 0) is 23.8 Å². The van der Waals surface area contributed by atoms with Gasteiger partial charge in [-0.25, -0.2) is 0 Å². The summed E-state index contributed by atoms with van der Waals surface area (Å²) in [6.07, 6.45) is 63.5. The fourth-order valence-electron chi connectivity index (χ4n) is 9.89. The molecule has 78 heavy (non-hydrogen) atoms. The van der Waals surface area contributed by atoms with Crippen LogP contribution in [0.5, 0.6) is 0 Å². The quantitative estimate of drug-likeness (QED) is 0.0195. The fourth-order valence-corrected chi connectivity index (χ4v) is 9.89. The molecule has 1 heterocycles. The van der Waals surface area contributed by atoms with Crippen molar-refractivity contribution in [3.05, 3.63) is 60.8 Å². The number of carbonyl (C=O) groups excluding carboxylic acids is 2. The highest BCUT2D eigenvalue weighted by Gasteiger charge is 2.44. The molecular formula is C67H121NO10. The van der Waals surface area contributed by atoms with Gasteiger partial charge in [-0.3, -0.25) is 9.59 Å². The number of aliphatic hydroxyl groups is 5. The number of unbranched alkanes of at least 4 members (excludes halogenated alkanes) is 34. The van der Waals surface area contributed by atoms with Gasteiger partial charge in [-0.15, -0.1) is 0 Å². The number of aliphatic hydroxyl groups excluding tert-OH is 5. The van der Waals surface area contributed by atoms with Crippen molar-refractivity contribution >= 4 is 11.9 Å². The molecule has 7 unspecified atom stereocenters. The third-order valence-electron chi connectivity index (χ3n) is 15.1. The van der Waals surface area contributed by atoms with Crippen molar-refractivity contribution in [2.24, 2.45) is 0 Å². The van der Waals surface area contributed by atoms with E-state index in [9.17, 15) is 35.1 Å². The van der Waals surface area contributed by atoms with E-state index in [1.165, 1.54) is 180 Å². The van der Waals surface area contributed by atoms with Crippen molar-refractivity contribution in [1.29, 1.82) is 0 Å². The minimum absolute atomic E-state index is 0.00739. The number of hydrogen-bond acceptors (Lipinski definition) is 10. The maximum Gasteiger partial charge on any atom is 0.305 e. The highest BCUT2D eigenvalue weighted by atomic mass is 16.7. The molecule has 1 amide bonds.